The number of alkyl halides is 3. The van der Waals surface area contributed by atoms with E-state index in [0.717, 1.165) is 12.1 Å². The molecule has 0 saturated carbocycles. The zero-order chi connectivity index (χ0) is 13.8. The first-order valence-corrected chi connectivity index (χ1v) is 5.11. The number of carboxylic acids is 1. The van der Waals surface area contributed by atoms with E-state index in [1.165, 1.54) is 6.07 Å². The molecule has 0 saturated heterocycles. The lowest BCUT2D eigenvalue weighted by Crippen LogP contribution is -2.07. The van der Waals surface area contributed by atoms with Gasteiger partial charge in [0, 0.05) is 18.2 Å². The number of aliphatic carboxylic acids is 1. The van der Waals surface area contributed by atoms with Gasteiger partial charge in [0.15, 0.2) is 0 Å². The third-order valence-corrected chi connectivity index (χ3v) is 2.06. The molecule has 0 amide bonds. The number of carboxylic acid groups (broad SMARTS) is 1. The fourth-order valence-electron chi connectivity index (χ4n) is 1.28. The molecule has 0 radical (unpaired) electrons. The van der Waals surface area contributed by atoms with Crippen molar-refractivity contribution < 1.29 is 27.8 Å². The Bertz CT molecular complexity index is 432. The first-order chi connectivity index (χ1) is 8.29. The topological polar surface area (TPSA) is 72.5 Å². The number of hydrogen-bond acceptors (Lipinski definition) is 3. The van der Waals surface area contributed by atoms with Crippen LogP contribution in [-0.4, -0.2) is 17.7 Å². The molecule has 0 aromatic heterocycles. The molecule has 7 heteroatoms. The monoisotopic (exact) mass is 263 g/mol. The molecular formula is C11H12F3NO3. The summed E-state index contributed by atoms with van der Waals surface area (Å²) in [7, 11) is 0. The molecule has 1 rings (SSSR count). The molecule has 100 valence electrons. The minimum absolute atomic E-state index is 0.0206. The predicted molar refractivity (Wildman–Crippen MR) is 58.2 cm³/mol. The first-order valence-electron chi connectivity index (χ1n) is 5.11. The van der Waals surface area contributed by atoms with E-state index in [1.54, 1.807) is 0 Å². The summed E-state index contributed by atoms with van der Waals surface area (Å²) >= 11 is 0. The summed E-state index contributed by atoms with van der Waals surface area (Å²) in [5, 5.41) is 8.38. The minimum Gasteiger partial charge on any atom is -0.493 e. The van der Waals surface area contributed by atoms with Crippen LogP contribution >= 0.6 is 0 Å². The SMILES string of the molecule is Nc1cc(OCCCC(=O)O)cc(C(F)(F)F)c1. The zero-order valence-electron chi connectivity index (χ0n) is 9.33. The molecule has 0 aliphatic heterocycles. The van der Waals surface area contributed by atoms with E-state index in [1.807, 2.05) is 0 Å². The normalized spacial score (nSPS) is 11.3. The van der Waals surface area contributed by atoms with Gasteiger partial charge in [0.2, 0.25) is 0 Å². The van der Waals surface area contributed by atoms with E-state index in [9.17, 15) is 18.0 Å². The molecule has 3 N–H and O–H groups in total. The van der Waals surface area contributed by atoms with Crippen molar-refractivity contribution in [3.63, 3.8) is 0 Å². The van der Waals surface area contributed by atoms with Gasteiger partial charge in [-0.25, -0.2) is 0 Å². The molecule has 0 aliphatic carbocycles. The molecule has 1 aromatic carbocycles. The Hall–Kier alpha value is -1.92. The summed E-state index contributed by atoms with van der Waals surface area (Å²) in [6.07, 6.45) is -4.38. The molecule has 4 nitrogen and oxygen atoms in total. The van der Waals surface area contributed by atoms with Gasteiger partial charge in [0.25, 0.3) is 0 Å². The van der Waals surface area contributed by atoms with Crippen LogP contribution < -0.4 is 10.5 Å². The standard InChI is InChI=1S/C11H12F3NO3/c12-11(13,14)7-4-8(15)6-9(5-7)18-3-1-2-10(16)17/h4-6H,1-3,15H2,(H,16,17). The summed E-state index contributed by atoms with van der Waals surface area (Å²) in [5.74, 6) is -1.00. The Morgan fingerprint density at radius 1 is 1.33 bits per heavy atom. The third kappa shape index (κ3) is 4.52. The average molecular weight is 263 g/mol. The van der Waals surface area contributed by atoms with Gasteiger partial charge in [-0.1, -0.05) is 0 Å². The van der Waals surface area contributed by atoms with Gasteiger partial charge in [-0.2, -0.15) is 13.2 Å². The van der Waals surface area contributed by atoms with E-state index in [2.05, 4.69) is 0 Å². The second kappa shape index (κ2) is 5.61. The highest BCUT2D eigenvalue weighted by Gasteiger charge is 2.31. The number of hydrogen-bond donors (Lipinski definition) is 2. The third-order valence-electron chi connectivity index (χ3n) is 2.06. The van der Waals surface area contributed by atoms with Crippen molar-refractivity contribution in [2.24, 2.45) is 0 Å². The molecule has 0 bridgehead atoms. The molecular weight excluding hydrogens is 251 g/mol. The molecule has 0 unspecified atom stereocenters. The highest BCUT2D eigenvalue weighted by atomic mass is 19.4. The fourth-order valence-corrected chi connectivity index (χ4v) is 1.28. The Morgan fingerprint density at radius 2 is 2.00 bits per heavy atom. The van der Waals surface area contributed by atoms with Crippen molar-refractivity contribution in [2.45, 2.75) is 19.0 Å². The van der Waals surface area contributed by atoms with Crippen LogP contribution in [0.1, 0.15) is 18.4 Å². The van der Waals surface area contributed by atoms with E-state index in [4.69, 9.17) is 15.6 Å². The number of halogens is 3. The van der Waals surface area contributed by atoms with Crippen LogP contribution in [0.4, 0.5) is 18.9 Å². The van der Waals surface area contributed by atoms with Crippen LogP contribution in [0, 0.1) is 0 Å². The molecule has 0 heterocycles. The van der Waals surface area contributed by atoms with Crippen molar-refractivity contribution in [1.29, 1.82) is 0 Å². The fraction of sp³-hybridized carbons (Fsp3) is 0.364. The number of nitrogens with two attached hydrogens (primary N) is 1. The Kier molecular flexibility index (Phi) is 4.41. The van der Waals surface area contributed by atoms with Crippen molar-refractivity contribution in [2.75, 3.05) is 12.3 Å². The molecule has 1 aromatic rings. The number of carbonyl (C=O) groups is 1. The van der Waals surface area contributed by atoms with Crippen LogP contribution in [0.15, 0.2) is 18.2 Å². The number of benzene rings is 1. The Morgan fingerprint density at radius 3 is 2.56 bits per heavy atom. The molecule has 0 fully saturated rings. The van der Waals surface area contributed by atoms with Crippen molar-refractivity contribution in [3.05, 3.63) is 23.8 Å². The Balaban J connectivity index is 2.66. The van der Waals surface area contributed by atoms with Crippen molar-refractivity contribution in [3.8, 4) is 5.75 Å². The van der Waals surface area contributed by atoms with Gasteiger partial charge in [0.1, 0.15) is 5.75 Å². The van der Waals surface area contributed by atoms with Crippen LogP contribution in [0.3, 0.4) is 0 Å². The van der Waals surface area contributed by atoms with Crippen LogP contribution in [0.5, 0.6) is 5.75 Å². The number of anilines is 1. The summed E-state index contributed by atoms with van der Waals surface area (Å²) in [5.41, 5.74) is 4.38. The Labute approximate surface area is 101 Å². The van der Waals surface area contributed by atoms with Gasteiger partial charge in [-0.3, -0.25) is 4.79 Å². The summed E-state index contributed by atoms with van der Waals surface area (Å²) < 4.78 is 42.4. The number of nitrogen functional groups attached to an aromatic ring is 1. The smallest absolute Gasteiger partial charge is 0.416 e. The van der Waals surface area contributed by atoms with E-state index in [0.29, 0.717) is 0 Å². The summed E-state index contributed by atoms with van der Waals surface area (Å²) in [6.45, 7) is 0.0209. The van der Waals surface area contributed by atoms with E-state index < -0.39 is 17.7 Å². The van der Waals surface area contributed by atoms with Crippen molar-refractivity contribution in [1.82, 2.24) is 0 Å². The summed E-state index contributed by atoms with van der Waals surface area (Å²) in [6, 6.07) is 2.90. The highest BCUT2D eigenvalue weighted by molar-refractivity contribution is 5.66. The number of rotatable bonds is 5. The molecule has 0 spiro atoms. The average Bonchev–Trinajstić information content (AvgIpc) is 2.22. The lowest BCUT2D eigenvalue weighted by Gasteiger charge is -2.11. The maximum absolute atomic E-state index is 12.5. The maximum atomic E-state index is 12.5. The van der Waals surface area contributed by atoms with E-state index >= 15 is 0 Å². The minimum atomic E-state index is -4.49. The largest absolute Gasteiger partial charge is 0.493 e. The van der Waals surface area contributed by atoms with Crippen LogP contribution in [-0.2, 0) is 11.0 Å². The van der Waals surface area contributed by atoms with E-state index in [-0.39, 0.29) is 30.9 Å². The molecule has 0 atom stereocenters. The van der Waals surface area contributed by atoms with Gasteiger partial charge in [0.05, 0.1) is 12.2 Å². The molecule has 0 aliphatic rings. The lowest BCUT2D eigenvalue weighted by atomic mass is 10.2. The second-order valence-corrected chi connectivity index (χ2v) is 3.63. The predicted octanol–water partition coefficient (Wildman–Crippen LogP) is 2.53. The lowest BCUT2D eigenvalue weighted by molar-refractivity contribution is -0.138. The van der Waals surface area contributed by atoms with Crippen molar-refractivity contribution >= 4 is 11.7 Å². The maximum Gasteiger partial charge on any atom is 0.416 e. The summed E-state index contributed by atoms with van der Waals surface area (Å²) in [4.78, 5) is 10.2. The van der Waals surface area contributed by atoms with Gasteiger partial charge >= 0.3 is 12.1 Å². The zero-order valence-corrected chi connectivity index (χ0v) is 9.33. The molecule has 18 heavy (non-hydrogen) atoms. The quantitative estimate of drug-likeness (QED) is 0.632. The van der Waals surface area contributed by atoms with Gasteiger partial charge in [-0.05, 0) is 18.6 Å². The first kappa shape index (κ1) is 14.1. The highest BCUT2D eigenvalue weighted by Crippen LogP contribution is 2.33. The number of ether oxygens (including phenoxy) is 1. The van der Waals surface area contributed by atoms with Crippen LogP contribution in [0.25, 0.3) is 0 Å². The van der Waals surface area contributed by atoms with Gasteiger partial charge < -0.3 is 15.6 Å². The second-order valence-electron chi connectivity index (χ2n) is 3.63. The van der Waals surface area contributed by atoms with Crippen LogP contribution in [0.2, 0.25) is 0 Å². The van der Waals surface area contributed by atoms with Gasteiger partial charge in [-0.15, -0.1) is 0 Å².